The number of carbonyl (C=O) groups is 1. The molecule has 0 atom stereocenters. The third-order valence-electron chi connectivity index (χ3n) is 2.67. The van der Waals surface area contributed by atoms with Crippen molar-refractivity contribution in [2.75, 3.05) is 20.6 Å². The van der Waals surface area contributed by atoms with Crippen LogP contribution in [0, 0.1) is 12.7 Å². The van der Waals surface area contributed by atoms with E-state index in [0.717, 1.165) is 0 Å². The van der Waals surface area contributed by atoms with Crippen molar-refractivity contribution in [3.8, 4) is 10.6 Å². The van der Waals surface area contributed by atoms with Gasteiger partial charge in [-0.15, -0.1) is 11.3 Å². The first kappa shape index (κ1) is 13.8. The summed E-state index contributed by atoms with van der Waals surface area (Å²) in [5.41, 5.74) is 1.75. The number of aromatic nitrogens is 1. The maximum Gasteiger partial charge on any atom is 0.195 e. The number of Topliss-reactive ketones (excluding diaryl/α,β-unsaturated/α-hetero) is 1. The van der Waals surface area contributed by atoms with Crippen LogP contribution in [0.25, 0.3) is 10.6 Å². The van der Waals surface area contributed by atoms with Gasteiger partial charge in [-0.2, -0.15) is 0 Å². The molecule has 1 aromatic carbocycles. The molecule has 100 valence electrons. The third-order valence-corrected chi connectivity index (χ3v) is 3.56. The smallest absolute Gasteiger partial charge is 0.195 e. The topological polar surface area (TPSA) is 33.2 Å². The Labute approximate surface area is 115 Å². The van der Waals surface area contributed by atoms with Gasteiger partial charge >= 0.3 is 0 Å². The van der Waals surface area contributed by atoms with Crippen LogP contribution in [-0.4, -0.2) is 36.3 Å². The van der Waals surface area contributed by atoms with Crippen molar-refractivity contribution in [3.63, 3.8) is 0 Å². The van der Waals surface area contributed by atoms with Gasteiger partial charge in [0.2, 0.25) is 0 Å². The predicted octanol–water partition coefficient (Wildman–Crippen LogP) is 3.00. The molecule has 0 spiro atoms. The van der Waals surface area contributed by atoms with Crippen molar-refractivity contribution < 1.29 is 9.18 Å². The molecule has 0 fully saturated rings. The van der Waals surface area contributed by atoms with Crippen LogP contribution < -0.4 is 0 Å². The van der Waals surface area contributed by atoms with E-state index in [4.69, 9.17) is 0 Å². The van der Waals surface area contributed by atoms with Gasteiger partial charge in [0.15, 0.2) is 5.78 Å². The number of carbonyl (C=O) groups excluding carboxylic acids is 1. The minimum atomic E-state index is -0.256. The van der Waals surface area contributed by atoms with Gasteiger partial charge in [-0.3, -0.25) is 4.79 Å². The first-order chi connectivity index (χ1) is 8.97. The van der Waals surface area contributed by atoms with Crippen molar-refractivity contribution in [2.24, 2.45) is 0 Å². The summed E-state index contributed by atoms with van der Waals surface area (Å²) in [5.74, 6) is -0.283. The molecular weight excluding hydrogens is 263 g/mol. The Bertz CT molecular complexity index is 607. The Morgan fingerprint density at radius 2 is 2.16 bits per heavy atom. The number of aryl methyl sites for hydroxylation is 1. The zero-order valence-electron chi connectivity index (χ0n) is 11.1. The third kappa shape index (κ3) is 3.24. The molecule has 0 N–H and O–H groups in total. The first-order valence-corrected chi connectivity index (χ1v) is 6.75. The molecule has 0 unspecified atom stereocenters. The fourth-order valence-electron chi connectivity index (χ4n) is 1.63. The van der Waals surface area contributed by atoms with Crippen LogP contribution in [0.5, 0.6) is 0 Å². The Morgan fingerprint density at radius 3 is 2.79 bits per heavy atom. The molecule has 2 rings (SSSR count). The summed E-state index contributed by atoms with van der Waals surface area (Å²) in [5, 5.41) is 2.39. The van der Waals surface area contributed by atoms with Gasteiger partial charge in [-0.25, -0.2) is 9.37 Å². The lowest BCUT2D eigenvalue weighted by molar-refractivity contribution is 0.0953. The molecular formula is C14H15FN2OS. The summed E-state index contributed by atoms with van der Waals surface area (Å²) in [4.78, 5) is 17.9. The number of thiazole rings is 1. The highest BCUT2D eigenvalue weighted by atomic mass is 32.1. The van der Waals surface area contributed by atoms with Gasteiger partial charge in [0, 0.05) is 10.9 Å². The van der Waals surface area contributed by atoms with Gasteiger partial charge in [0.25, 0.3) is 0 Å². The van der Waals surface area contributed by atoms with Gasteiger partial charge in [0.1, 0.15) is 16.5 Å². The summed E-state index contributed by atoms with van der Waals surface area (Å²) in [6, 6.07) is 4.99. The molecule has 0 aliphatic rings. The van der Waals surface area contributed by atoms with Crippen LogP contribution in [0.2, 0.25) is 0 Å². The molecule has 0 radical (unpaired) electrons. The number of hydrogen-bond donors (Lipinski definition) is 0. The minimum absolute atomic E-state index is 0.0277. The molecule has 1 heterocycles. The number of benzene rings is 1. The zero-order valence-corrected chi connectivity index (χ0v) is 11.9. The van der Waals surface area contributed by atoms with E-state index in [2.05, 4.69) is 4.98 Å². The monoisotopic (exact) mass is 278 g/mol. The number of nitrogens with zero attached hydrogens (tertiary/aromatic N) is 2. The maximum atomic E-state index is 13.5. The predicted molar refractivity (Wildman–Crippen MR) is 75.1 cm³/mol. The number of rotatable bonds is 4. The van der Waals surface area contributed by atoms with Crippen LogP contribution in [0.15, 0.2) is 23.6 Å². The number of likely N-dealkylation sites (N-methyl/N-ethyl adjacent to an activating group) is 1. The van der Waals surface area contributed by atoms with Gasteiger partial charge in [0.05, 0.1) is 6.54 Å². The molecule has 1 aromatic heterocycles. The van der Waals surface area contributed by atoms with Crippen molar-refractivity contribution in [1.82, 2.24) is 9.88 Å². The molecule has 0 aliphatic carbocycles. The summed E-state index contributed by atoms with van der Waals surface area (Å²) in [6.07, 6.45) is 0. The lowest BCUT2D eigenvalue weighted by Gasteiger charge is -2.05. The second-order valence-corrected chi connectivity index (χ2v) is 5.52. The van der Waals surface area contributed by atoms with E-state index in [-0.39, 0.29) is 11.6 Å². The second kappa shape index (κ2) is 5.59. The van der Waals surface area contributed by atoms with Gasteiger partial charge in [-0.1, -0.05) is 12.1 Å². The highest BCUT2D eigenvalue weighted by Crippen LogP contribution is 2.25. The van der Waals surface area contributed by atoms with Crippen molar-refractivity contribution in [2.45, 2.75) is 6.92 Å². The minimum Gasteiger partial charge on any atom is -0.302 e. The Balaban J connectivity index is 2.25. The van der Waals surface area contributed by atoms with E-state index in [1.54, 1.807) is 23.3 Å². The molecule has 19 heavy (non-hydrogen) atoms. The van der Waals surface area contributed by atoms with Crippen molar-refractivity contribution >= 4 is 17.1 Å². The largest absolute Gasteiger partial charge is 0.302 e. The average molecular weight is 278 g/mol. The molecule has 5 heteroatoms. The van der Waals surface area contributed by atoms with Gasteiger partial charge < -0.3 is 4.90 Å². The summed E-state index contributed by atoms with van der Waals surface area (Å²) in [6.45, 7) is 2.04. The summed E-state index contributed by atoms with van der Waals surface area (Å²) >= 11 is 1.36. The highest BCUT2D eigenvalue weighted by molar-refractivity contribution is 7.13. The fraction of sp³-hybridized carbons (Fsp3) is 0.286. The fourth-order valence-corrected chi connectivity index (χ4v) is 2.45. The maximum absolute atomic E-state index is 13.5. The molecule has 3 nitrogen and oxygen atoms in total. The summed E-state index contributed by atoms with van der Waals surface area (Å²) in [7, 11) is 3.67. The van der Waals surface area contributed by atoms with E-state index in [1.807, 2.05) is 20.2 Å². The number of hydrogen-bond acceptors (Lipinski definition) is 4. The zero-order chi connectivity index (χ0) is 14.0. The van der Waals surface area contributed by atoms with Crippen molar-refractivity contribution in [3.05, 3.63) is 40.7 Å². The van der Waals surface area contributed by atoms with E-state index >= 15 is 0 Å². The SMILES string of the molecule is Cc1ccc(-c2nc(C(=O)CN(C)C)cs2)cc1F. The number of halogens is 1. The molecule has 0 bridgehead atoms. The van der Waals surface area contributed by atoms with Crippen LogP contribution in [0.4, 0.5) is 4.39 Å². The Kier molecular flexibility index (Phi) is 4.07. The lowest BCUT2D eigenvalue weighted by atomic mass is 10.1. The molecule has 0 saturated heterocycles. The Morgan fingerprint density at radius 1 is 1.42 bits per heavy atom. The second-order valence-electron chi connectivity index (χ2n) is 4.66. The molecule has 0 amide bonds. The molecule has 2 aromatic rings. The summed E-state index contributed by atoms with van der Waals surface area (Å²) < 4.78 is 13.5. The molecule has 0 saturated carbocycles. The van der Waals surface area contributed by atoms with E-state index < -0.39 is 0 Å². The van der Waals surface area contributed by atoms with Crippen LogP contribution in [0.3, 0.4) is 0 Å². The van der Waals surface area contributed by atoms with E-state index in [1.165, 1.54) is 17.4 Å². The normalized spacial score (nSPS) is 11.0. The van der Waals surface area contributed by atoms with Crippen LogP contribution >= 0.6 is 11.3 Å². The van der Waals surface area contributed by atoms with Crippen molar-refractivity contribution in [1.29, 1.82) is 0 Å². The lowest BCUT2D eigenvalue weighted by Crippen LogP contribution is -2.21. The Hall–Kier alpha value is -1.59. The highest BCUT2D eigenvalue weighted by Gasteiger charge is 2.13. The van der Waals surface area contributed by atoms with E-state index in [9.17, 15) is 9.18 Å². The molecule has 0 aliphatic heterocycles. The quantitative estimate of drug-likeness (QED) is 0.806. The average Bonchev–Trinajstić information content (AvgIpc) is 2.81. The van der Waals surface area contributed by atoms with Crippen LogP contribution in [0.1, 0.15) is 16.1 Å². The number of ketones is 1. The first-order valence-electron chi connectivity index (χ1n) is 5.87. The van der Waals surface area contributed by atoms with E-state index in [0.29, 0.717) is 28.4 Å². The van der Waals surface area contributed by atoms with Crippen LogP contribution in [-0.2, 0) is 0 Å². The standard InChI is InChI=1S/C14H15FN2OS/c1-9-4-5-10(6-11(9)15)14-16-12(8-19-14)13(18)7-17(2)3/h4-6,8H,7H2,1-3H3. The van der Waals surface area contributed by atoms with Gasteiger partial charge in [-0.05, 0) is 32.6 Å².